The van der Waals surface area contributed by atoms with Crippen LogP contribution in [0.4, 0.5) is 0 Å². The number of rotatable bonds is 7. The summed E-state index contributed by atoms with van der Waals surface area (Å²) in [7, 11) is 0. The third-order valence-corrected chi connectivity index (χ3v) is 11.1. The van der Waals surface area contributed by atoms with Gasteiger partial charge in [0.2, 0.25) is 11.8 Å². The Morgan fingerprint density at radius 3 is 1.08 bits per heavy atom. The highest BCUT2D eigenvalue weighted by Crippen LogP contribution is 2.35. The Morgan fingerprint density at radius 2 is 0.607 bits per heavy atom. The molecule has 0 aliphatic heterocycles. The van der Waals surface area contributed by atoms with E-state index >= 15 is 0 Å². The SMILES string of the molecule is c1ccc2oc(-c3ccc(-c4nc(-c5ccc(-c6ccc(-c7ccc8oc9ccccc9c8c7)cc6)cc5)nc(-c5ccc(-c6nc7ccccc7o6)cc5)n4)cc3)nc2c1. The van der Waals surface area contributed by atoms with Crippen LogP contribution < -0.4 is 0 Å². The molecule has 0 fully saturated rings. The van der Waals surface area contributed by atoms with Crippen LogP contribution in [0, 0.1) is 0 Å². The fraction of sp³-hybridized carbons (Fsp3) is 0. The number of aromatic nitrogens is 5. The smallest absolute Gasteiger partial charge is 0.227 e. The van der Waals surface area contributed by atoms with Gasteiger partial charge in [-0.15, -0.1) is 0 Å². The zero-order valence-electron chi connectivity index (χ0n) is 32.4. The fourth-order valence-electron chi connectivity index (χ4n) is 7.85. The lowest BCUT2D eigenvalue weighted by Crippen LogP contribution is -2.00. The highest BCUT2D eigenvalue weighted by Gasteiger charge is 2.16. The van der Waals surface area contributed by atoms with E-state index in [-0.39, 0.29) is 0 Å². The van der Waals surface area contributed by atoms with Gasteiger partial charge in [0.05, 0.1) is 0 Å². The largest absolute Gasteiger partial charge is 0.456 e. The number of benzene rings is 8. The van der Waals surface area contributed by atoms with E-state index in [1.807, 2.05) is 115 Å². The first-order valence-corrected chi connectivity index (χ1v) is 20.0. The number of fused-ring (bicyclic) bond motifs is 5. The zero-order valence-corrected chi connectivity index (χ0v) is 32.4. The first-order valence-electron chi connectivity index (χ1n) is 20.0. The molecule has 8 aromatic carbocycles. The molecule has 4 aromatic heterocycles. The van der Waals surface area contributed by atoms with Crippen molar-refractivity contribution in [2.75, 3.05) is 0 Å². The third kappa shape index (κ3) is 6.31. The molecule has 0 bridgehead atoms. The highest BCUT2D eigenvalue weighted by molar-refractivity contribution is 6.06. The Morgan fingerprint density at radius 1 is 0.246 bits per heavy atom. The van der Waals surface area contributed by atoms with Crippen molar-refractivity contribution in [1.82, 2.24) is 24.9 Å². The van der Waals surface area contributed by atoms with Crippen LogP contribution >= 0.6 is 0 Å². The number of hydrogen-bond donors (Lipinski definition) is 0. The van der Waals surface area contributed by atoms with Crippen LogP contribution in [-0.2, 0) is 0 Å². The second-order valence-corrected chi connectivity index (χ2v) is 14.9. The fourth-order valence-corrected chi connectivity index (χ4v) is 7.85. The van der Waals surface area contributed by atoms with Gasteiger partial charge in [-0.3, -0.25) is 0 Å². The molecule has 0 saturated carbocycles. The van der Waals surface area contributed by atoms with Crippen LogP contribution in [-0.4, -0.2) is 24.9 Å². The molecule has 0 atom stereocenters. The summed E-state index contributed by atoms with van der Waals surface area (Å²) in [6.07, 6.45) is 0. The van der Waals surface area contributed by atoms with E-state index in [0.717, 1.165) is 94.2 Å². The van der Waals surface area contributed by atoms with Gasteiger partial charge in [-0.1, -0.05) is 121 Å². The van der Waals surface area contributed by atoms with Gasteiger partial charge in [0.25, 0.3) is 0 Å². The van der Waals surface area contributed by atoms with Gasteiger partial charge < -0.3 is 13.3 Å². The van der Waals surface area contributed by atoms with E-state index in [0.29, 0.717) is 29.3 Å². The van der Waals surface area contributed by atoms with Gasteiger partial charge in [-0.2, -0.15) is 0 Å². The van der Waals surface area contributed by atoms with Gasteiger partial charge in [0.15, 0.2) is 28.6 Å². The van der Waals surface area contributed by atoms with Crippen LogP contribution in [0.3, 0.4) is 0 Å². The first kappa shape index (κ1) is 34.5. The summed E-state index contributed by atoms with van der Waals surface area (Å²) in [6, 6.07) is 63.0. The summed E-state index contributed by atoms with van der Waals surface area (Å²) >= 11 is 0. The van der Waals surface area contributed by atoms with Crippen LogP contribution in [0.5, 0.6) is 0 Å². The summed E-state index contributed by atoms with van der Waals surface area (Å²) in [5.74, 6) is 2.78. The van der Waals surface area contributed by atoms with E-state index in [1.165, 1.54) is 0 Å². The minimum Gasteiger partial charge on any atom is -0.456 e. The van der Waals surface area contributed by atoms with Crippen LogP contribution in [0.15, 0.2) is 201 Å². The van der Waals surface area contributed by atoms with E-state index in [4.69, 9.17) is 28.2 Å². The molecular weight excluding hydrogens is 755 g/mol. The maximum absolute atomic E-state index is 6.05. The molecular formula is C53H31N5O3. The monoisotopic (exact) mass is 785 g/mol. The molecule has 286 valence electrons. The standard InChI is InChI=1S/C53H31N5O3/c1-4-10-45-41(7-1)42-31-40(29-30-46(42)59-45)34-15-13-32(14-16-34)33-17-19-35(20-18-33)49-56-50(36-21-25-38(26-22-36)52-54-43-8-2-5-11-47(43)60-52)58-51(57-49)37-23-27-39(28-24-37)53-55-44-9-3-6-12-48(44)61-53/h1-31H. The van der Waals surface area contributed by atoms with Gasteiger partial charge in [-0.25, -0.2) is 24.9 Å². The van der Waals surface area contributed by atoms with Crippen molar-refractivity contribution in [2.24, 2.45) is 0 Å². The van der Waals surface area contributed by atoms with Gasteiger partial charge in [0.1, 0.15) is 22.2 Å². The van der Waals surface area contributed by atoms with Crippen molar-refractivity contribution in [3.63, 3.8) is 0 Å². The molecule has 0 aliphatic rings. The molecule has 0 amide bonds. The Balaban J connectivity index is 0.870. The molecule has 8 nitrogen and oxygen atoms in total. The molecule has 0 unspecified atom stereocenters. The minimum atomic E-state index is 0.549. The second kappa shape index (κ2) is 14.1. The van der Waals surface area contributed by atoms with Gasteiger partial charge in [-0.05, 0) is 89.0 Å². The zero-order chi connectivity index (χ0) is 40.3. The van der Waals surface area contributed by atoms with E-state index in [9.17, 15) is 0 Å². The summed E-state index contributed by atoms with van der Waals surface area (Å²) < 4.78 is 18.1. The topological polar surface area (TPSA) is 104 Å². The number of nitrogens with zero attached hydrogens (tertiary/aromatic N) is 5. The molecule has 61 heavy (non-hydrogen) atoms. The second-order valence-electron chi connectivity index (χ2n) is 14.9. The maximum Gasteiger partial charge on any atom is 0.227 e. The first-order chi connectivity index (χ1) is 30.1. The van der Waals surface area contributed by atoms with E-state index in [1.54, 1.807) is 0 Å². The van der Waals surface area contributed by atoms with Crippen LogP contribution in [0.2, 0.25) is 0 Å². The normalized spacial score (nSPS) is 11.6. The van der Waals surface area contributed by atoms with Crippen molar-refractivity contribution in [3.8, 4) is 79.3 Å². The van der Waals surface area contributed by atoms with Crippen molar-refractivity contribution in [1.29, 1.82) is 0 Å². The average molecular weight is 786 g/mol. The quantitative estimate of drug-likeness (QED) is 0.157. The molecule has 0 radical (unpaired) electrons. The average Bonchev–Trinajstić information content (AvgIpc) is 4.07. The Hall–Kier alpha value is -8.49. The molecule has 0 N–H and O–H groups in total. The summed E-state index contributed by atoms with van der Waals surface area (Å²) in [5.41, 5.74) is 13.7. The Labute approximate surface area is 348 Å². The number of para-hydroxylation sites is 5. The predicted octanol–water partition coefficient (Wildman–Crippen LogP) is 13.7. The molecule has 8 heteroatoms. The maximum atomic E-state index is 6.05. The van der Waals surface area contributed by atoms with Crippen LogP contribution in [0.25, 0.3) is 123 Å². The number of hydrogen-bond acceptors (Lipinski definition) is 8. The molecule has 0 saturated heterocycles. The molecule has 4 heterocycles. The lowest BCUT2D eigenvalue weighted by molar-refractivity contribution is 0.619. The number of furan rings is 1. The predicted molar refractivity (Wildman–Crippen MR) is 240 cm³/mol. The minimum absolute atomic E-state index is 0.549. The lowest BCUT2D eigenvalue weighted by Gasteiger charge is -2.10. The molecule has 12 rings (SSSR count). The third-order valence-electron chi connectivity index (χ3n) is 11.1. The summed E-state index contributed by atoms with van der Waals surface area (Å²) in [5, 5.41) is 2.24. The van der Waals surface area contributed by atoms with Gasteiger partial charge >= 0.3 is 0 Å². The summed E-state index contributed by atoms with van der Waals surface area (Å²) in [6.45, 7) is 0. The Kier molecular flexibility index (Phi) is 7.99. The van der Waals surface area contributed by atoms with Crippen molar-refractivity contribution < 1.29 is 13.3 Å². The van der Waals surface area contributed by atoms with Gasteiger partial charge in [0, 0.05) is 38.6 Å². The van der Waals surface area contributed by atoms with Crippen LogP contribution in [0.1, 0.15) is 0 Å². The van der Waals surface area contributed by atoms with E-state index in [2.05, 4.69) is 82.8 Å². The van der Waals surface area contributed by atoms with Crippen molar-refractivity contribution >= 4 is 44.1 Å². The molecule has 12 aromatic rings. The summed E-state index contributed by atoms with van der Waals surface area (Å²) in [4.78, 5) is 24.4. The number of oxazole rings is 2. The van der Waals surface area contributed by atoms with E-state index < -0.39 is 0 Å². The Bertz CT molecular complexity index is 3370. The van der Waals surface area contributed by atoms with Crippen molar-refractivity contribution in [3.05, 3.63) is 188 Å². The van der Waals surface area contributed by atoms with Crippen molar-refractivity contribution in [2.45, 2.75) is 0 Å². The highest BCUT2D eigenvalue weighted by atomic mass is 16.4. The molecule has 0 spiro atoms. The molecule has 0 aliphatic carbocycles. The lowest BCUT2D eigenvalue weighted by atomic mass is 9.98.